The summed E-state index contributed by atoms with van der Waals surface area (Å²) in [6, 6.07) is 10.8. The first-order chi connectivity index (χ1) is 6.22. The molecular formula is C12H15S+. The van der Waals surface area contributed by atoms with Crippen molar-refractivity contribution in [3.8, 4) is 0 Å². The van der Waals surface area contributed by atoms with Crippen LogP contribution in [0, 0.1) is 5.92 Å². The summed E-state index contributed by atoms with van der Waals surface area (Å²) in [6.07, 6.45) is 2.33. The molecule has 1 aromatic rings. The normalized spacial score (nSPS) is 21.1. The van der Waals surface area contributed by atoms with E-state index in [1.165, 1.54) is 5.56 Å². The zero-order valence-electron chi connectivity index (χ0n) is 8.37. The molecule has 1 heteroatoms. The first-order valence-electron chi connectivity index (χ1n) is 4.67. The van der Waals surface area contributed by atoms with Gasteiger partial charge in [-0.15, -0.1) is 0 Å². The average Bonchev–Trinajstić information content (AvgIpc) is 2.79. The molecule has 0 amide bonds. The number of allylic oxidation sites excluding steroid dienone is 1. The van der Waals surface area contributed by atoms with Gasteiger partial charge in [-0.3, -0.25) is 0 Å². The molecule has 0 aromatic heterocycles. The van der Waals surface area contributed by atoms with Crippen molar-refractivity contribution < 1.29 is 0 Å². The summed E-state index contributed by atoms with van der Waals surface area (Å²) >= 11 is 0. The third kappa shape index (κ3) is 1.53. The zero-order chi connectivity index (χ0) is 9.42. The maximum atomic E-state index is 2.33. The monoisotopic (exact) mass is 191 g/mol. The van der Waals surface area contributed by atoms with Gasteiger partial charge in [0.25, 0.3) is 0 Å². The maximum Gasteiger partial charge on any atom is 0.218 e. The molecule has 0 saturated heterocycles. The van der Waals surface area contributed by atoms with Crippen LogP contribution in [-0.2, 0) is 10.9 Å². The minimum absolute atomic E-state index is 0.466. The Labute approximate surface area is 83.0 Å². The largest absolute Gasteiger partial charge is 0.218 e. The molecule has 0 spiro atoms. The molecule has 13 heavy (non-hydrogen) atoms. The highest BCUT2D eigenvalue weighted by Crippen LogP contribution is 2.48. The van der Waals surface area contributed by atoms with E-state index in [-0.39, 0.29) is 0 Å². The minimum atomic E-state index is 0.466. The molecule has 0 radical (unpaired) electrons. The summed E-state index contributed by atoms with van der Waals surface area (Å²) in [5.41, 5.74) is 1.43. The van der Waals surface area contributed by atoms with Crippen LogP contribution in [0.4, 0.5) is 0 Å². The van der Waals surface area contributed by atoms with Crippen LogP contribution in [0.1, 0.15) is 19.4 Å². The van der Waals surface area contributed by atoms with E-state index in [0.717, 1.165) is 5.92 Å². The van der Waals surface area contributed by atoms with E-state index in [2.05, 4.69) is 50.4 Å². The molecular weight excluding hydrogens is 176 g/mol. The molecule has 2 rings (SSSR count). The van der Waals surface area contributed by atoms with Crippen LogP contribution < -0.4 is 0 Å². The van der Waals surface area contributed by atoms with Crippen molar-refractivity contribution in [1.82, 2.24) is 0 Å². The number of hydrogen-bond donors (Lipinski definition) is 0. The fraction of sp³-hybridized carbons (Fsp3) is 0.333. The summed E-state index contributed by atoms with van der Waals surface area (Å²) in [6.45, 7) is 4.57. The Morgan fingerprint density at radius 3 is 2.15 bits per heavy atom. The lowest BCUT2D eigenvalue weighted by molar-refractivity contribution is 0.827. The summed E-state index contributed by atoms with van der Waals surface area (Å²) < 4.78 is 0. The summed E-state index contributed by atoms with van der Waals surface area (Å²) in [5.74, 6) is 0.725. The highest BCUT2D eigenvalue weighted by molar-refractivity contribution is 8.16. The molecule has 0 saturated carbocycles. The number of benzene rings is 1. The van der Waals surface area contributed by atoms with E-state index >= 15 is 0 Å². The second-order valence-electron chi connectivity index (χ2n) is 3.72. The van der Waals surface area contributed by atoms with Gasteiger partial charge in [0.2, 0.25) is 4.91 Å². The lowest BCUT2D eigenvalue weighted by Gasteiger charge is -1.85. The minimum Gasteiger partial charge on any atom is -0.0622 e. The smallest absolute Gasteiger partial charge is 0.0622 e. The summed E-state index contributed by atoms with van der Waals surface area (Å²) in [4.78, 5) is 3.28. The van der Waals surface area contributed by atoms with Gasteiger partial charge in [0.15, 0.2) is 4.91 Å². The third-order valence-electron chi connectivity index (χ3n) is 2.38. The molecule has 0 fully saturated rings. The van der Waals surface area contributed by atoms with E-state index in [1.54, 1.807) is 9.81 Å². The molecule has 1 unspecified atom stereocenters. The van der Waals surface area contributed by atoms with Crippen LogP contribution in [0.5, 0.6) is 0 Å². The van der Waals surface area contributed by atoms with Crippen molar-refractivity contribution in [2.24, 2.45) is 5.92 Å². The fourth-order valence-electron chi connectivity index (χ4n) is 1.76. The topological polar surface area (TPSA) is 0 Å². The predicted molar refractivity (Wildman–Crippen MR) is 61.5 cm³/mol. The molecule has 0 nitrogen and oxygen atoms in total. The Balaban J connectivity index is 2.30. The van der Waals surface area contributed by atoms with Gasteiger partial charge in [-0.05, 0) is 12.1 Å². The van der Waals surface area contributed by atoms with Gasteiger partial charge in [-0.1, -0.05) is 32.0 Å². The first-order valence-corrected chi connectivity index (χ1v) is 6.30. The van der Waals surface area contributed by atoms with Crippen LogP contribution in [0.15, 0.2) is 35.2 Å². The van der Waals surface area contributed by atoms with Gasteiger partial charge >= 0.3 is 0 Å². The Morgan fingerprint density at radius 1 is 1.08 bits per heavy atom. The summed E-state index contributed by atoms with van der Waals surface area (Å²) in [7, 11) is 0.466. The second-order valence-corrected chi connectivity index (χ2v) is 5.59. The van der Waals surface area contributed by atoms with Gasteiger partial charge in [-0.25, -0.2) is 0 Å². The van der Waals surface area contributed by atoms with Gasteiger partial charge < -0.3 is 0 Å². The molecule has 0 bridgehead atoms. The number of rotatable bonds is 2. The zero-order valence-corrected chi connectivity index (χ0v) is 9.19. The van der Waals surface area contributed by atoms with Gasteiger partial charge in [-0.2, -0.15) is 0 Å². The van der Waals surface area contributed by atoms with E-state index < -0.39 is 0 Å². The Hall–Kier alpha value is -0.690. The van der Waals surface area contributed by atoms with Crippen molar-refractivity contribution >= 4 is 15.8 Å². The molecule has 1 heterocycles. The average molecular weight is 191 g/mol. The fourth-order valence-corrected chi connectivity index (χ4v) is 4.03. The maximum absolute atomic E-state index is 2.33. The van der Waals surface area contributed by atoms with Crippen LogP contribution in [-0.4, -0.2) is 6.26 Å². The molecule has 1 atom stereocenters. The highest BCUT2D eigenvalue weighted by Gasteiger charge is 2.49. The van der Waals surface area contributed by atoms with E-state index in [0.29, 0.717) is 10.9 Å². The Bertz CT molecular complexity index is 335. The standard InChI is InChI=1S/C12H15S/c1-9(2)11-12(13(11)3)10-7-5-4-6-8-10/h4-9H,1-3H3/q+1. The Morgan fingerprint density at radius 2 is 1.69 bits per heavy atom. The van der Waals surface area contributed by atoms with Crippen LogP contribution >= 0.6 is 0 Å². The van der Waals surface area contributed by atoms with Crippen molar-refractivity contribution in [2.75, 3.05) is 6.26 Å². The van der Waals surface area contributed by atoms with Crippen LogP contribution in [0.25, 0.3) is 4.91 Å². The van der Waals surface area contributed by atoms with Crippen LogP contribution in [0.2, 0.25) is 0 Å². The lowest BCUT2D eigenvalue weighted by Crippen LogP contribution is -1.85. The van der Waals surface area contributed by atoms with E-state index in [4.69, 9.17) is 0 Å². The molecule has 0 aliphatic carbocycles. The molecule has 1 aromatic carbocycles. The Kier molecular flexibility index (Phi) is 2.20. The molecule has 68 valence electrons. The van der Waals surface area contributed by atoms with Crippen LogP contribution in [0.3, 0.4) is 0 Å². The third-order valence-corrected chi connectivity index (χ3v) is 4.58. The quantitative estimate of drug-likeness (QED) is 0.629. The van der Waals surface area contributed by atoms with Crippen molar-refractivity contribution in [3.63, 3.8) is 0 Å². The van der Waals surface area contributed by atoms with E-state index in [9.17, 15) is 0 Å². The van der Waals surface area contributed by atoms with Gasteiger partial charge in [0.05, 0.1) is 10.9 Å². The van der Waals surface area contributed by atoms with Gasteiger partial charge in [0.1, 0.15) is 6.26 Å². The first kappa shape index (κ1) is 8.89. The van der Waals surface area contributed by atoms with Crippen molar-refractivity contribution in [1.29, 1.82) is 0 Å². The molecule has 0 N–H and O–H groups in total. The second kappa shape index (κ2) is 3.22. The highest BCUT2D eigenvalue weighted by atomic mass is 32.2. The SMILES string of the molecule is CC(C)C1=C(c2ccccc2)[S+]1C. The van der Waals surface area contributed by atoms with E-state index in [1.807, 2.05) is 0 Å². The van der Waals surface area contributed by atoms with Crippen molar-refractivity contribution in [3.05, 3.63) is 40.8 Å². The summed E-state index contributed by atoms with van der Waals surface area (Å²) in [5, 5.41) is 0. The molecule has 1 aliphatic rings. The predicted octanol–water partition coefficient (Wildman–Crippen LogP) is 3.27. The van der Waals surface area contributed by atoms with Gasteiger partial charge in [0, 0.05) is 11.5 Å². The lowest BCUT2D eigenvalue weighted by atomic mass is 10.1. The number of hydrogen-bond acceptors (Lipinski definition) is 0. The molecule has 1 aliphatic heterocycles. The van der Waals surface area contributed by atoms with Crippen molar-refractivity contribution in [2.45, 2.75) is 13.8 Å².